The van der Waals surface area contributed by atoms with Gasteiger partial charge in [0.05, 0.1) is 11.4 Å². The number of Topliss-reactive ketones (excluding diaryl/α,β-unsaturated/α-hetero) is 1. The molecular formula is C27H23N3O. The number of fused-ring (bicyclic) bond motifs is 3. The molecule has 1 N–H and O–H groups in total. The number of hydrogen-bond acceptors (Lipinski definition) is 4. The van der Waals surface area contributed by atoms with Crippen molar-refractivity contribution in [2.75, 3.05) is 11.9 Å². The van der Waals surface area contributed by atoms with E-state index in [0.29, 0.717) is 6.42 Å². The fourth-order valence-corrected chi connectivity index (χ4v) is 5.04. The van der Waals surface area contributed by atoms with Gasteiger partial charge in [-0.25, -0.2) is 0 Å². The highest BCUT2D eigenvalue weighted by atomic mass is 16.1. The molecule has 0 saturated carbocycles. The average molecular weight is 406 g/mol. The summed E-state index contributed by atoms with van der Waals surface area (Å²) >= 11 is 0. The van der Waals surface area contributed by atoms with Crippen LogP contribution in [0.15, 0.2) is 54.5 Å². The van der Waals surface area contributed by atoms with Gasteiger partial charge in [-0.05, 0) is 83.3 Å². The Morgan fingerprint density at radius 2 is 2.00 bits per heavy atom. The number of aromatic nitrogens is 2. The first-order valence-corrected chi connectivity index (χ1v) is 10.9. The van der Waals surface area contributed by atoms with E-state index in [2.05, 4.69) is 47.6 Å². The SMILES string of the molecule is Cc1c(-c2ccc3c(c2)/C(=C/C2=Cc4ccncc4C2)C(=O)C3)cnc2c1NCCC2. The molecule has 3 aromatic rings. The van der Waals surface area contributed by atoms with E-state index in [0.717, 1.165) is 59.3 Å². The molecule has 4 heteroatoms. The highest BCUT2D eigenvalue weighted by Gasteiger charge is 2.26. The fraction of sp³-hybridized carbons (Fsp3) is 0.222. The maximum atomic E-state index is 12.9. The highest BCUT2D eigenvalue weighted by Crippen LogP contribution is 2.38. The minimum atomic E-state index is 0.198. The summed E-state index contributed by atoms with van der Waals surface area (Å²) in [4.78, 5) is 21.8. The topological polar surface area (TPSA) is 54.9 Å². The number of allylic oxidation sites excluding steroid dienone is 3. The van der Waals surface area contributed by atoms with Crippen molar-refractivity contribution in [2.24, 2.45) is 0 Å². The molecule has 3 aliphatic rings. The third kappa shape index (κ3) is 3.02. The summed E-state index contributed by atoms with van der Waals surface area (Å²) < 4.78 is 0. The standard InChI is InChI=1S/C27H23N3O/c1-16-24(15-30-25-3-2-7-29-27(16)25)19-4-5-20-13-26(31)23(22(20)12-19)11-17-9-18-6-8-28-14-21(18)10-17/h4-6,8-9,11-12,14-15,29H,2-3,7,10,13H2,1H3/b23-11-. The van der Waals surface area contributed by atoms with Crippen molar-refractivity contribution in [1.29, 1.82) is 0 Å². The second-order valence-electron chi connectivity index (χ2n) is 8.65. The molecule has 6 rings (SSSR count). The van der Waals surface area contributed by atoms with Crippen molar-refractivity contribution >= 4 is 23.1 Å². The van der Waals surface area contributed by atoms with Crippen LogP contribution in [-0.4, -0.2) is 22.3 Å². The maximum Gasteiger partial charge on any atom is 0.167 e. The van der Waals surface area contributed by atoms with Crippen LogP contribution in [0.5, 0.6) is 0 Å². The molecule has 0 atom stereocenters. The summed E-state index contributed by atoms with van der Waals surface area (Å²) in [7, 11) is 0. The third-order valence-electron chi connectivity index (χ3n) is 6.68. The number of nitrogens with zero attached hydrogens (tertiary/aromatic N) is 2. The summed E-state index contributed by atoms with van der Waals surface area (Å²) in [5, 5.41) is 3.53. The first kappa shape index (κ1) is 18.3. The van der Waals surface area contributed by atoms with Crippen LogP contribution in [0.2, 0.25) is 0 Å². The summed E-state index contributed by atoms with van der Waals surface area (Å²) in [6.07, 6.45) is 13.4. The van der Waals surface area contributed by atoms with Gasteiger partial charge in [0.15, 0.2) is 5.78 Å². The van der Waals surface area contributed by atoms with Crippen LogP contribution in [0.4, 0.5) is 5.69 Å². The van der Waals surface area contributed by atoms with Crippen molar-refractivity contribution in [3.63, 3.8) is 0 Å². The molecule has 0 unspecified atom stereocenters. The minimum absolute atomic E-state index is 0.198. The molecule has 0 fully saturated rings. The smallest absolute Gasteiger partial charge is 0.167 e. The van der Waals surface area contributed by atoms with E-state index < -0.39 is 0 Å². The van der Waals surface area contributed by atoms with E-state index in [1.54, 1.807) is 0 Å². The van der Waals surface area contributed by atoms with Crippen LogP contribution in [0.3, 0.4) is 0 Å². The average Bonchev–Trinajstić information content (AvgIpc) is 3.34. The summed E-state index contributed by atoms with van der Waals surface area (Å²) in [5.74, 6) is 0.198. The maximum absolute atomic E-state index is 12.9. The molecule has 1 aliphatic heterocycles. The van der Waals surface area contributed by atoms with Gasteiger partial charge in [0.25, 0.3) is 0 Å². The fourth-order valence-electron chi connectivity index (χ4n) is 5.04. The zero-order chi connectivity index (χ0) is 20.9. The first-order chi connectivity index (χ1) is 15.2. The lowest BCUT2D eigenvalue weighted by Gasteiger charge is -2.21. The van der Waals surface area contributed by atoms with Gasteiger partial charge in [0.2, 0.25) is 0 Å². The molecule has 2 aromatic heterocycles. The quantitative estimate of drug-likeness (QED) is 0.613. The Labute approximate surface area is 181 Å². The predicted octanol–water partition coefficient (Wildman–Crippen LogP) is 4.96. The molecule has 0 amide bonds. The number of anilines is 1. The van der Waals surface area contributed by atoms with Crippen molar-refractivity contribution in [2.45, 2.75) is 32.6 Å². The number of benzene rings is 1. The first-order valence-electron chi connectivity index (χ1n) is 10.9. The second kappa shape index (κ2) is 7.02. The van der Waals surface area contributed by atoms with Crippen molar-refractivity contribution in [3.8, 4) is 11.1 Å². The van der Waals surface area contributed by atoms with E-state index in [-0.39, 0.29) is 5.78 Å². The normalized spacial score (nSPS) is 17.8. The lowest BCUT2D eigenvalue weighted by molar-refractivity contribution is -0.112. The van der Waals surface area contributed by atoms with Crippen LogP contribution in [0.25, 0.3) is 22.8 Å². The Bertz CT molecular complexity index is 1320. The van der Waals surface area contributed by atoms with Crippen LogP contribution in [0, 0.1) is 6.92 Å². The Morgan fingerprint density at radius 1 is 1.06 bits per heavy atom. The Hall–Kier alpha value is -3.53. The molecule has 3 heterocycles. The molecular weight excluding hydrogens is 382 g/mol. The van der Waals surface area contributed by atoms with Gasteiger partial charge in [0, 0.05) is 42.7 Å². The summed E-state index contributed by atoms with van der Waals surface area (Å²) in [5.41, 5.74) is 12.4. The number of ketones is 1. The monoisotopic (exact) mass is 405 g/mol. The Morgan fingerprint density at radius 3 is 2.90 bits per heavy atom. The van der Waals surface area contributed by atoms with Crippen LogP contribution in [-0.2, 0) is 24.1 Å². The number of carbonyl (C=O) groups is 1. The number of hydrogen-bond donors (Lipinski definition) is 1. The van der Waals surface area contributed by atoms with Gasteiger partial charge in [-0.15, -0.1) is 0 Å². The number of carbonyl (C=O) groups excluding carboxylic acids is 1. The van der Waals surface area contributed by atoms with E-state index in [1.807, 2.05) is 24.7 Å². The number of pyridine rings is 2. The molecule has 0 bridgehead atoms. The van der Waals surface area contributed by atoms with Crippen LogP contribution in [0.1, 0.15) is 39.9 Å². The van der Waals surface area contributed by atoms with E-state index in [4.69, 9.17) is 4.98 Å². The highest BCUT2D eigenvalue weighted by molar-refractivity contribution is 6.26. The zero-order valence-electron chi connectivity index (χ0n) is 17.5. The second-order valence-corrected chi connectivity index (χ2v) is 8.65. The molecule has 0 spiro atoms. The summed E-state index contributed by atoms with van der Waals surface area (Å²) in [6.45, 7) is 3.16. The van der Waals surface area contributed by atoms with Crippen molar-refractivity contribution in [3.05, 3.63) is 88.0 Å². The molecule has 2 aliphatic carbocycles. The van der Waals surface area contributed by atoms with Gasteiger partial charge in [-0.2, -0.15) is 0 Å². The van der Waals surface area contributed by atoms with Gasteiger partial charge in [-0.1, -0.05) is 18.2 Å². The van der Waals surface area contributed by atoms with Crippen LogP contribution >= 0.6 is 0 Å². The van der Waals surface area contributed by atoms with Crippen molar-refractivity contribution in [1.82, 2.24) is 9.97 Å². The number of rotatable bonds is 2. The zero-order valence-corrected chi connectivity index (χ0v) is 17.5. The lowest BCUT2D eigenvalue weighted by Crippen LogP contribution is -2.14. The lowest BCUT2D eigenvalue weighted by atomic mass is 9.94. The van der Waals surface area contributed by atoms with Crippen molar-refractivity contribution < 1.29 is 4.79 Å². The molecule has 0 saturated heterocycles. The van der Waals surface area contributed by atoms with Crippen LogP contribution < -0.4 is 5.32 Å². The molecule has 31 heavy (non-hydrogen) atoms. The molecule has 1 aromatic carbocycles. The third-order valence-corrected chi connectivity index (χ3v) is 6.68. The van der Waals surface area contributed by atoms with Gasteiger partial charge in [-0.3, -0.25) is 14.8 Å². The Kier molecular flexibility index (Phi) is 4.13. The summed E-state index contributed by atoms with van der Waals surface area (Å²) in [6, 6.07) is 8.45. The minimum Gasteiger partial charge on any atom is -0.383 e. The van der Waals surface area contributed by atoms with E-state index in [9.17, 15) is 4.79 Å². The largest absolute Gasteiger partial charge is 0.383 e. The predicted molar refractivity (Wildman–Crippen MR) is 124 cm³/mol. The molecule has 152 valence electrons. The molecule has 0 radical (unpaired) electrons. The van der Waals surface area contributed by atoms with E-state index >= 15 is 0 Å². The van der Waals surface area contributed by atoms with Gasteiger partial charge < -0.3 is 5.32 Å². The Balaban J connectivity index is 1.40. The number of aryl methyl sites for hydroxylation is 1. The van der Waals surface area contributed by atoms with Gasteiger partial charge >= 0.3 is 0 Å². The number of nitrogens with one attached hydrogen (secondary N) is 1. The molecule has 4 nitrogen and oxygen atoms in total. The van der Waals surface area contributed by atoms with E-state index in [1.165, 1.54) is 28.0 Å². The van der Waals surface area contributed by atoms with Gasteiger partial charge in [0.1, 0.15) is 0 Å².